The minimum absolute atomic E-state index is 0.0896. The molecule has 0 bridgehead atoms. The van der Waals surface area contributed by atoms with Crippen LogP contribution in [0.25, 0.3) is 0 Å². The number of ketones is 1. The second-order valence-corrected chi connectivity index (χ2v) is 3.51. The second-order valence-electron chi connectivity index (χ2n) is 3.51. The average molecular weight is 191 g/mol. The highest BCUT2D eigenvalue weighted by atomic mass is 16.5. The first-order valence-electron chi connectivity index (χ1n) is 4.67. The second kappa shape index (κ2) is 3.33. The number of nitrogens with zero attached hydrogens (tertiary/aromatic N) is 1. The van der Waals surface area contributed by atoms with Crippen LogP contribution in [0.1, 0.15) is 17.3 Å². The molecular formula is C11H13NO2. The van der Waals surface area contributed by atoms with Gasteiger partial charge in [0, 0.05) is 12.6 Å². The van der Waals surface area contributed by atoms with Gasteiger partial charge in [-0.1, -0.05) is 0 Å². The fourth-order valence-electron chi connectivity index (χ4n) is 1.57. The zero-order valence-corrected chi connectivity index (χ0v) is 8.41. The molecule has 0 saturated carbocycles. The molecule has 1 aliphatic heterocycles. The van der Waals surface area contributed by atoms with Crippen molar-refractivity contribution in [1.82, 2.24) is 0 Å². The van der Waals surface area contributed by atoms with Crippen molar-refractivity contribution < 1.29 is 9.53 Å². The largest absolute Gasteiger partial charge is 0.490 e. The average Bonchev–Trinajstić information content (AvgIpc) is 2.18. The van der Waals surface area contributed by atoms with Gasteiger partial charge in [0.2, 0.25) is 0 Å². The maximum absolute atomic E-state index is 11.2. The summed E-state index contributed by atoms with van der Waals surface area (Å²) in [6, 6.07) is 5.55. The smallest absolute Gasteiger partial charge is 0.159 e. The van der Waals surface area contributed by atoms with E-state index in [4.69, 9.17) is 4.74 Å². The molecule has 1 aromatic rings. The van der Waals surface area contributed by atoms with E-state index < -0.39 is 0 Å². The van der Waals surface area contributed by atoms with Crippen LogP contribution in [0.5, 0.6) is 5.75 Å². The van der Waals surface area contributed by atoms with Gasteiger partial charge < -0.3 is 9.64 Å². The van der Waals surface area contributed by atoms with E-state index in [9.17, 15) is 4.79 Å². The summed E-state index contributed by atoms with van der Waals surface area (Å²) in [5.41, 5.74) is 1.74. The number of hydrogen-bond donors (Lipinski definition) is 0. The quantitative estimate of drug-likeness (QED) is 0.633. The van der Waals surface area contributed by atoms with E-state index in [1.54, 1.807) is 13.0 Å². The number of Topliss-reactive ketones (excluding diaryl/α,β-unsaturated/α-hetero) is 1. The van der Waals surface area contributed by atoms with Crippen LogP contribution in [0.2, 0.25) is 0 Å². The van der Waals surface area contributed by atoms with Gasteiger partial charge in [-0.2, -0.15) is 0 Å². The Bertz CT molecular complexity index is 374. The number of anilines is 1. The van der Waals surface area contributed by atoms with Crippen LogP contribution < -0.4 is 9.64 Å². The van der Waals surface area contributed by atoms with Crippen molar-refractivity contribution in [3.8, 4) is 5.75 Å². The Hall–Kier alpha value is -1.51. The summed E-state index contributed by atoms with van der Waals surface area (Å²) in [7, 11) is 2.01. The first-order valence-corrected chi connectivity index (χ1v) is 4.67. The lowest BCUT2D eigenvalue weighted by Crippen LogP contribution is -2.28. The summed E-state index contributed by atoms with van der Waals surface area (Å²) in [4.78, 5) is 13.3. The van der Waals surface area contributed by atoms with Gasteiger partial charge in [0.05, 0.1) is 12.2 Å². The van der Waals surface area contributed by atoms with Crippen molar-refractivity contribution in [3.63, 3.8) is 0 Å². The summed E-state index contributed by atoms with van der Waals surface area (Å²) in [6.45, 7) is 3.16. The van der Waals surface area contributed by atoms with Crippen molar-refractivity contribution >= 4 is 11.5 Å². The predicted molar refractivity (Wildman–Crippen MR) is 55.2 cm³/mol. The lowest BCUT2D eigenvalue weighted by atomic mass is 10.1. The van der Waals surface area contributed by atoms with E-state index in [0.717, 1.165) is 23.5 Å². The van der Waals surface area contributed by atoms with Gasteiger partial charge in [-0.3, -0.25) is 4.79 Å². The van der Waals surface area contributed by atoms with Crippen LogP contribution in [0.15, 0.2) is 18.2 Å². The fourth-order valence-corrected chi connectivity index (χ4v) is 1.57. The molecule has 0 atom stereocenters. The molecule has 3 heteroatoms. The first kappa shape index (κ1) is 9.06. The number of carbonyl (C=O) groups is 1. The Morgan fingerprint density at radius 1 is 1.50 bits per heavy atom. The van der Waals surface area contributed by atoms with E-state index >= 15 is 0 Å². The Morgan fingerprint density at radius 2 is 2.29 bits per heavy atom. The molecule has 1 aromatic carbocycles. The molecule has 0 N–H and O–H groups in total. The third kappa shape index (κ3) is 1.45. The van der Waals surface area contributed by atoms with Crippen LogP contribution in [0.3, 0.4) is 0 Å². The summed E-state index contributed by atoms with van der Waals surface area (Å²) < 4.78 is 5.48. The van der Waals surface area contributed by atoms with Gasteiger partial charge in [0.1, 0.15) is 12.4 Å². The topological polar surface area (TPSA) is 29.5 Å². The standard InChI is InChI=1S/C11H13NO2/c1-8(13)9-3-4-11-10(7-9)12(2)5-6-14-11/h3-4,7H,5-6H2,1-2H3. The lowest BCUT2D eigenvalue weighted by Gasteiger charge is -2.27. The summed E-state index contributed by atoms with van der Waals surface area (Å²) >= 11 is 0. The van der Waals surface area contributed by atoms with E-state index in [2.05, 4.69) is 4.90 Å². The SMILES string of the molecule is CC(=O)c1ccc2c(c1)N(C)CCO2. The van der Waals surface area contributed by atoms with Gasteiger partial charge in [-0.05, 0) is 25.1 Å². The molecule has 0 saturated heterocycles. The number of likely N-dealkylation sites (N-methyl/N-ethyl adjacent to an activating group) is 1. The Morgan fingerprint density at radius 3 is 3.00 bits per heavy atom. The number of hydrogen-bond acceptors (Lipinski definition) is 3. The molecule has 74 valence electrons. The molecule has 1 heterocycles. The van der Waals surface area contributed by atoms with Gasteiger partial charge in [-0.15, -0.1) is 0 Å². The van der Waals surface area contributed by atoms with Gasteiger partial charge in [0.15, 0.2) is 5.78 Å². The summed E-state index contributed by atoms with van der Waals surface area (Å²) in [6.07, 6.45) is 0. The third-order valence-corrected chi connectivity index (χ3v) is 2.46. The molecular weight excluding hydrogens is 178 g/mol. The monoisotopic (exact) mass is 191 g/mol. The Kier molecular flexibility index (Phi) is 2.15. The van der Waals surface area contributed by atoms with Crippen molar-refractivity contribution in [3.05, 3.63) is 23.8 Å². The van der Waals surface area contributed by atoms with Crippen molar-refractivity contribution in [2.75, 3.05) is 25.1 Å². The van der Waals surface area contributed by atoms with E-state index in [1.807, 2.05) is 19.2 Å². The maximum Gasteiger partial charge on any atom is 0.159 e. The molecule has 1 aliphatic rings. The number of ether oxygens (including phenoxy) is 1. The Labute approximate surface area is 83.3 Å². The van der Waals surface area contributed by atoms with Gasteiger partial charge in [0.25, 0.3) is 0 Å². The van der Waals surface area contributed by atoms with Crippen molar-refractivity contribution in [2.24, 2.45) is 0 Å². The van der Waals surface area contributed by atoms with Crippen molar-refractivity contribution in [2.45, 2.75) is 6.92 Å². The lowest BCUT2D eigenvalue weighted by molar-refractivity contribution is 0.101. The molecule has 0 aromatic heterocycles. The van der Waals surface area contributed by atoms with E-state index in [-0.39, 0.29) is 5.78 Å². The zero-order chi connectivity index (χ0) is 10.1. The predicted octanol–water partition coefficient (Wildman–Crippen LogP) is 1.72. The maximum atomic E-state index is 11.2. The van der Waals surface area contributed by atoms with Crippen LogP contribution in [-0.4, -0.2) is 26.0 Å². The number of rotatable bonds is 1. The molecule has 0 fully saturated rings. The highest BCUT2D eigenvalue weighted by molar-refractivity contribution is 5.95. The minimum Gasteiger partial charge on any atom is -0.490 e. The van der Waals surface area contributed by atoms with E-state index in [1.165, 1.54) is 0 Å². The van der Waals surface area contributed by atoms with Crippen molar-refractivity contribution in [1.29, 1.82) is 0 Å². The summed E-state index contributed by atoms with van der Waals surface area (Å²) in [5, 5.41) is 0. The fraction of sp³-hybridized carbons (Fsp3) is 0.364. The summed E-state index contributed by atoms with van der Waals surface area (Å²) in [5.74, 6) is 0.954. The van der Waals surface area contributed by atoms with Crippen LogP contribution in [0.4, 0.5) is 5.69 Å². The first-order chi connectivity index (χ1) is 6.68. The molecule has 0 aliphatic carbocycles. The van der Waals surface area contributed by atoms with Gasteiger partial charge in [-0.25, -0.2) is 0 Å². The third-order valence-electron chi connectivity index (χ3n) is 2.46. The molecule has 2 rings (SSSR count). The molecule has 0 spiro atoms. The number of fused-ring (bicyclic) bond motifs is 1. The van der Waals surface area contributed by atoms with Gasteiger partial charge >= 0.3 is 0 Å². The number of benzene rings is 1. The Balaban J connectivity index is 2.45. The van der Waals surface area contributed by atoms with Crippen LogP contribution >= 0.6 is 0 Å². The molecule has 0 unspecified atom stereocenters. The molecule has 3 nitrogen and oxygen atoms in total. The highest BCUT2D eigenvalue weighted by Gasteiger charge is 2.15. The highest BCUT2D eigenvalue weighted by Crippen LogP contribution is 2.31. The normalized spacial score (nSPS) is 14.6. The zero-order valence-electron chi connectivity index (χ0n) is 8.41. The number of carbonyl (C=O) groups excluding carboxylic acids is 1. The van der Waals surface area contributed by atoms with Crippen LogP contribution in [-0.2, 0) is 0 Å². The molecule has 0 radical (unpaired) electrons. The molecule has 14 heavy (non-hydrogen) atoms. The van der Waals surface area contributed by atoms with E-state index in [0.29, 0.717) is 6.61 Å². The van der Waals surface area contributed by atoms with Crippen LogP contribution in [0, 0.1) is 0 Å². The minimum atomic E-state index is 0.0896. The molecule has 0 amide bonds.